The van der Waals surface area contributed by atoms with Gasteiger partial charge in [-0.1, -0.05) is 38.8 Å². The van der Waals surface area contributed by atoms with E-state index < -0.39 is 11.5 Å². The molecular weight excluding hydrogens is 421 g/mol. The van der Waals surface area contributed by atoms with Gasteiger partial charge < -0.3 is 15.4 Å². The van der Waals surface area contributed by atoms with E-state index in [0.29, 0.717) is 19.8 Å². The maximum Gasteiger partial charge on any atom is 0.242 e. The fourth-order valence-corrected chi connectivity index (χ4v) is 4.84. The van der Waals surface area contributed by atoms with Crippen LogP contribution in [-0.2, 0) is 20.9 Å². The number of amides is 2. The summed E-state index contributed by atoms with van der Waals surface area (Å²) in [6, 6.07) is 6.12. The number of carbonyl (C=O) groups is 2. The lowest BCUT2D eigenvalue weighted by Crippen LogP contribution is -2.56. The largest absolute Gasteiger partial charge is 0.381 e. The van der Waals surface area contributed by atoms with E-state index in [0.717, 1.165) is 70.1 Å². The molecule has 0 bridgehead atoms. The van der Waals surface area contributed by atoms with Crippen molar-refractivity contribution in [3.05, 3.63) is 35.6 Å². The van der Waals surface area contributed by atoms with E-state index in [-0.39, 0.29) is 23.5 Å². The van der Waals surface area contributed by atoms with E-state index in [2.05, 4.69) is 15.5 Å². The fraction of sp³-hybridized carbons (Fsp3) is 0.692. The lowest BCUT2D eigenvalue weighted by Gasteiger charge is -2.42. The lowest BCUT2D eigenvalue weighted by molar-refractivity contribution is -0.139. The molecule has 3 rings (SSSR count). The number of nitrogens with zero attached hydrogens (tertiary/aromatic N) is 1. The topological polar surface area (TPSA) is 70.7 Å². The average Bonchev–Trinajstić information content (AvgIpc) is 2.82. The number of nitrogens with one attached hydrogen (secondary N) is 2. The summed E-state index contributed by atoms with van der Waals surface area (Å²) in [5, 5.41) is 6.14. The van der Waals surface area contributed by atoms with Gasteiger partial charge in [0, 0.05) is 26.3 Å². The predicted molar refractivity (Wildman–Crippen MR) is 127 cm³/mol. The van der Waals surface area contributed by atoms with Crippen LogP contribution in [0, 0.1) is 17.2 Å². The molecule has 33 heavy (non-hydrogen) atoms. The molecule has 0 saturated carbocycles. The summed E-state index contributed by atoms with van der Waals surface area (Å²) >= 11 is 0. The maximum atomic E-state index is 13.7. The van der Waals surface area contributed by atoms with E-state index in [1.54, 1.807) is 0 Å². The van der Waals surface area contributed by atoms with E-state index >= 15 is 0 Å². The van der Waals surface area contributed by atoms with Crippen molar-refractivity contribution in [2.45, 2.75) is 71.4 Å². The van der Waals surface area contributed by atoms with Crippen molar-refractivity contribution in [2.75, 3.05) is 32.8 Å². The molecule has 2 heterocycles. The van der Waals surface area contributed by atoms with Crippen LogP contribution in [-0.4, -0.2) is 55.6 Å². The molecule has 0 radical (unpaired) electrons. The molecule has 2 atom stereocenters. The molecule has 2 amide bonds. The molecule has 2 fully saturated rings. The first kappa shape index (κ1) is 25.6. The third-order valence-electron chi connectivity index (χ3n) is 7.36. The number of hydrogen-bond donors (Lipinski definition) is 2. The van der Waals surface area contributed by atoms with Crippen LogP contribution < -0.4 is 10.6 Å². The molecule has 1 spiro atoms. The Morgan fingerprint density at radius 1 is 1.09 bits per heavy atom. The molecule has 2 N–H and O–H groups in total. The molecule has 2 aliphatic heterocycles. The van der Waals surface area contributed by atoms with E-state index in [9.17, 15) is 14.0 Å². The number of carbonyl (C=O) groups excluding carboxylic acids is 2. The Balaban J connectivity index is 1.70. The van der Waals surface area contributed by atoms with Crippen molar-refractivity contribution in [1.29, 1.82) is 0 Å². The number of rotatable bonds is 4. The van der Waals surface area contributed by atoms with Gasteiger partial charge in [0.25, 0.3) is 0 Å². The number of likely N-dealkylation sites (tertiary alicyclic amines) is 1. The SMILES string of the molecule is CC[C@H](C)[C@@H]1NC(=O)C2(CCCCOCCCNC1=O)CCN(Cc1ccc(F)cc1)CC2. The Bertz CT molecular complexity index is 763. The Morgan fingerprint density at radius 3 is 2.48 bits per heavy atom. The minimum absolute atomic E-state index is 0.0161. The van der Waals surface area contributed by atoms with Crippen LogP contribution in [0.15, 0.2) is 24.3 Å². The van der Waals surface area contributed by atoms with Crippen molar-refractivity contribution in [3.8, 4) is 0 Å². The zero-order chi connectivity index (χ0) is 23.7. The monoisotopic (exact) mass is 461 g/mol. The normalized spacial score (nSPS) is 24.5. The van der Waals surface area contributed by atoms with E-state index in [1.165, 1.54) is 12.1 Å². The van der Waals surface area contributed by atoms with E-state index in [1.807, 2.05) is 26.0 Å². The van der Waals surface area contributed by atoms with Crippen LogP contribution in [0.1, 0.15) is 64.4 Å². The summed E-state index contributed by atoms with van der Waals surface area (Å²) in [5.74, 6) is -0.244. The Labute approximate surface area is 197 Å². The van der Waals surface area contributed by atoms with Gasteiger partial charge in [-0.2, -0.15) is 0 Å². The zero-order valence-electron chi connectivity index (χ0n) is 20.2. The lowest BCUT2D eigenvalue weighted by atomic mass is 9.73. The van der Waals surface area contributed by atoms with Gasteiger partial charge >= 0.3 is 0 Å². The molecule has 184 valence electrons. The minimum atomic E-state index is -0.513. The van der Waals surface area contributed by atoms with Crippen molar-refractivity contribution >= 4 is 11.8 Å². The first-order valence-electron chi connectivity index (χ1n) is 12.6. The van der Waals surface area contributed by atoms with Gasteiger partial charge in [0.2, 0.25) is 11.8 Å². The van der Waals surface area contributed by atoms with Crippen molar-refractivity contribution in [2.24, 2.45) is 11.3 Å². The van der Waals surface area contributed by atoms with Crippen molar-refractivity contribution in [3.63, 3.8) is 0 Å². The number of ether oxygens (including phenoxy) is 1. The first-order valence-corrected chi connectivity index (χ1v) is 12.6. The van der Waals surface area contributed by atoms with Gasteiger partial charge in [0.1, 0.15) is 11.9 Å². The molecule has 2 saturated heterocycles. The fourth-order valence-electron chi connectivity index (χ4n) is 4.84. The van der Waals surface area contributed by atoms with Crippen LogP contribution in [0.4, 0.5) is 4.39 Å². The van der Waals surface area contributed by atoms with Gasteiger partial charge in [0.15, 0.2) is 0 Å². The van der Waals surface area contributed by atoms with Gasteiger partial charge in [0.05, 0.1) is 5.41 Å². The van der Waals surface area contributed by atoms with Crippen LogP contribution >= 0.6 is 0 Å². The van der Waals surface area contributed by atoms with Gasteiger partial charge in [-0.15, -0.1) is 0 Å². The predicted octanol–water partition coefficient (Wildman–Crippen LogP) is 3.65. The quantitative estimate of drug-likeness (QED) is 0.718. The summed E-state index contributed by atoms with van der Waals surface area (Å²) in [6.07, 6.45) is 5.80. The number of hydrogen-bond acceptors (Lipinski definition) is 4. The van der Waals surface area contributed by atoms with E-state index in [4.69, 9.17) is 4.74 Å². The third-order valence-corrected chi connectivity index (χ3v) is 7.36. The number of benzene rings is 1. The highest BCUT2D eigenvalue weighted by Crippen LogP contribution is 2.38. The minimum Gasteiger partial charge on any atom is -0.381 e. The van der Waals surface area contributed by atoms with Gasteiger partial charge in [-0.25, -0.2) is 4.39 Å². The average molecular weight is 462 g/mol. The second-order valence-electron chi connectivity index (χ2n) is 9.73. The van der Waals surface area contributed by atoms with Crippen LogP contribution in [0.5, 0.6) is 0 Å². The Hall–Kier alpha value is -1.99. The van der Waals surface area contributed by atoms with Crippen molar-refractivity contribution < 1.29 is 18.7 Å². The Kier molecular flexibility index (Phi) is 9.68. The molecule has 0 unspecified atom stereocenters. The highest BCUT2D eigenvalue weighted by molar-refractivity contribution is 5.90. The van der Waals surface area contributed by atoms with Gasteiger partial charge in [-0.05, 0) is 68.8 Å². The summed E-state index contributed by atoms with van der Waals surface area (Å²) in [6.45, 7) is 8.33. The molecule has 6 nitrogen and oxygen atoms in total. The van der Waals surface area contributed by atoms with Crippen LogP contribution in [0.3, 0.4) is 0 Å². The number of halogens is 1. The molecule has 1 aromatic carbocycles. The molecule has 1 aromatic rings. The Morgan fingerprint density at radius 2 is 1.79 bits per heavy atom. The highest BCUT2D eigenvalue weighted by Gasteiger charge is 2.42. The molecule has 2 aliphatic rings. The zero-order valence-corrected chi connectivity index (χ0v) is 20.2. The molecule has 7 heteroatoms. The summed E-state index contributed by atoms with van der Waals surface area (Å²) < 4.78 is 18.9. The summed E-state index contributed by atoms with van der Waals surface area (Å²) in [5.41, 5.74) is 0.614. The third kappa shape index (κ3) is 7.24. The number of piperidine rings is 1. The van der Waals surface area contributed by atoms with Gasteiger partial charge in [-0.3, -0.25) is 14.5 Å². The highest BCUT2D eigenvalue weighted by atomic mass is 19.1. The first-order chi connectivity index (χ1) is 15.9. The van der Waals surface area contributed by atoms with Crippen LogP contribution in [0.25, 0.3) is 0 Å². The summed E-state index contributed by atoms with van der Waals surface area (Å²) in [7, 11) is 0. The molecule has 0 aliphatic carbocycles. The second-order valence-corrected chi connectivity index (χ2v) is 9.73. The standard InChI is InChI=1S/C26H40FN3O3/c1-3-20(2)23-24(31)28-14-6-18-33-17-5-4-11-26(25(32)29-23)12-15-30(16-13-26)19-21-7-9-22(27)10-8-21/h7-10,20,23H,3-6,11-19H2,1-2H3,(H,28,31)(H,29,32)/t20-,23-/m0/s1. The summed E-state index contributed by atoms with van der Waals surface area (Å²) in [4.78, 5) is 28.9. The van der Waals surface area contributed by atoms with Crippen LogP contribution in [0.2, 0.25) is 0 Å². The molecule has 0 aromatic heterocycles. The maximum absolute atomic E-state index is 13.7. The molecular formula is C26H40FN3O3. The smallest absolute Gasteiger partial charge is 0.242 e. The second kappa shape index (κ2) is 12.5. The van der Waals surface area contributed by atoms with Crippen molar-refractivity contribution in [1.82, 2.24) is 15.5 Å².